The van der Waals surface area contributed by atoms with Crippen LogP contribution in [-0.4, -0.2) is 33.4 Å². The number of pyridine rings is 1. The normalized spacial score (nSPS) is 15.4. The van der Waals surface area contributed by atoms with Crippen LogP contribution in [0.2, 0.25) is 0 Å². The zero-order valence-electron chi connectivity index (χ0n) is 18.6. The van der Waals surface area contributed by atoms with Gasteiger partial charge in [-0.1, -0.05) is 18.7 Å². The van der Waals surface area contributed by atoms with Crippen LogP contribution < -0.4 is 10.1 Å². The fourth-order valence-electron chi connectivity index (χ4n) is 4.36. The Bertz CT molecular complexity index is 1430. The number of nitrogens with zero attached hydrogens (tertiary/aromatic N) is 4. The number of nitriles is 1. The molecule has 0 saturated carbocycles. The predicted octanol–water partition coefficient (Wildman–Crippen LogP) is 4.99. The number of aromatic nitrogens is 3. The maximum atomic E-state index is 12.8. The molecule has 0 spiro atoms. The Balaban J connectivity index is 1.38. The number of aryl methyl sites for hydroxylation is 1. The lowest BCUT2D eigenvalue weighted by atomic mass is 9.89. The van der Waals surface area contributed by atoms with Crippen LogP contribution in [0.15, 0.2) is 29.4 Å². The average Bonchev–Trinajstić information content (AvgIpc) is 3.38. The Morgan fingerprint density at radius 1 is 1.39 bits per heavy atom. The number of fused-ring (bicyclic) bond motifs is 4. The molecule has 33 heavy (non-hydrogen) atoms. The molecule has 1 amide bonds. The second-order valence-corrected chi connectivity index (χ2v) is 10.4. The Labute approximate surface area is 199 Å². The molecule has 7 nitrogen and oxygen atoms in total. The van der Waals surface area contributed by atoms with Crippen molar-refractivity contribution in [3.63, 3.8) is 0 Å². The van der Waals surface area contributed by atoms with Gasteiger partial charge in [-0.25, -0.2) is 0 Å². The standard InChI is InChI=1S/C24H23N5O2S2/c1-13-4-6-17-18(11-25)23(33-20(17)8-13)26-21(30)12-32-24-28-27-22-14(2)9-15-10-16(31-3)5-7-19(15)29(22)24/h5,7,9-10,13H,4,6,8,12H2,1-3H3,(H,26,30)/t13-/m0/s1. The number of rotatable bonds is 5. The molecule has 1 aliphatic rings. The first-order valence-electron chi connectivity index (χ1n) is 10.8. The summed E-state index contributed by atoms with van der Waals surface area (Å²) in [6.07, 6.45) is 2.96. The zero-order chi connectivity index (χ0) is 23.1. The average molecular weight is 478 g/mol. The van der Waals surface area contributed by atoms with E-state index in [4.69, 9.17) is 4.74 Å². The maximum absolute atomic E-state index is 12.8. The summed E-state index contributed by atoms with van der Waals surface area (Å²) in [5.74, 6) is 1.42. The van der Waals surface area contributed by atoms with Gasteiger partial charge in [-0.2, -0.15) is 5.26 Å². The topological polar surface area (TPSA) is 92.3 Å². The second-order valence-electron chi connectivity index (χ2n) is 8.40. The Kier molecular flexibility index (Phi) is 5.72. The summed E-state index contributed by atoms with van der Waals surface area (Å²) in [5.41, 5.74) is 4.46. The number of benzene rings is 1. The third kappa shape index (κ3) is 3.94. The zero-order valence-corrected chi connectivity index (χ0v) is 20.3. The summed E-state index contributed by atoms with van der Waals surface area (Å²) < 4.78 is 7.34. The van der Waals surface area contributed by atoms with E-state index in [2.05, 4.69) is 34.6 Å². The highest BCUT2D eigenvalue weighted by Crippen LogP contribution is 2.39. The number of thiophene rings is 1. The number of hydrogen-bond acceptors (Lipinski definition) is 7. The minimum Gasteiger partial charge on any atom is -0.497 e. The number of nitrogens with one attached hydrogen (secondary N) is 1. The molecule has 3 heterocycles. The van der Waals surface area contributed by atoms with Gasteiger partial charge in [0.05, 0.1) is 23.9 Å². The molecular weight excluding hydrogens is 454 g/mol. The van der Waals surface area contributed by atoms with E-state index in [-0.39, 0.29) is 11.7 Å². The molecule has 0 radical (unpaired) electrons. The summed E-state index contributed by atoms with van der Waals surface area (Å²) >= 11 is 2.88. The fraction of sp³-hybridized carbons (Fsp3) is 0.333. The minimum atomic E-state index is -0.154. The molecule has 0 aliphatic heterocycles. The van der Waals surface area contributed by atoms with Gasteiger partial charge in [0.25, 0.3) is 0 Å². The van der Waals surface area contributed by atoms with Crippen LogP contribution in [0, 0.1) is 24.2 Å². The smallest absolute Gasteiger partial charge is 0.235 e. The third-order valence-electron chi connectivity index (χ3n) is 6.04. The number of carbonyl (C=O) groups is 1. The molecule has 3 aromatic heterocycles. The van der Waals surface area contributed by atoms with Gasteiger partial charge in [0, 0.05) is 10.3 Å². The van der Waals surface area contributed by atoms with Crippen molar-refractivity contribution in [1.82, 2.24) is 14.6 Å². The van der Waals surface area contributed by atoms with Crippen LogP contribution >= 0.6 is 23.1 Å². The number of carbonyl (C=O) groups excluding carboxylic acids is 1. The van der Waals surface area contributed by atoms with Crippen molar-refractivity contribution in [2.24, 2.45) is 5.92 Å². The van der Waals surface area contributed by atoms with Gasteiger partial charge in [0.15, 0.2) is 10.8 Å². The summed E-state index contributed by atoms with van der Waals surface area (Å²) in [6.45, 7) is 4.22. The molecule has 1 N–H and O–H groups in total. The van der Waals surface area contributed by atoms with Gasteiger partial charge < -0.3 is 10.1 Å². The van der Waals surface area contributed by atoms with Crippen LogP contribution in [0.25, 0.3) is 16.6 Å². The van der Waals surface area contributed by atoms with E-state index in [1.165, 1.54) is 16.6 Å². The number of ether oxygens (including phenoxy) is 1. The van der Waals surface area contributed by atoms with Crippen molar-refractivity contribution < 1.29 is 9.53 Å². The van der Waals surface area contributed by atoms with Crippen molar-refractivity contribution in [2.45, 2.75) is 38.3 Å². The van der Waals surface area contributed by atoms with Gasteiger partial charge in [-0.15, -0.1) is 21.5 Å². The van der Waals surface area contributed by atoms with Crippen molar-refractivity contribution in [3.8, 4) is 11.8 Å². The minimum absolute atomic E-state index is 0.154. The lowest BCUT2D eigenvalue weighted by molar-refractivity contribution is -0.113. The van der Waals surface area contributed by atoms with E-state index in [1.807, 2.05) is 29.5 Å². The van der Waals surface area contributed by atoms with Crippen LogP contribution in [0.1, 0.15) is 34.9 Å². The molecule has 0 bridgehead atoms. The lowest BCUT2D eigenvalue weighted by Gasteiger charge is -2.17. The molecule has 4 aromatic rings. The molecule has 9 heteroatoms. The van der Waals surface area contributed by atoms with Crippen molar-refractivity contribution in [2.75, 3.05) is 18.2 Å². The molecule has 168 valence electrons. The van der Waals surface area contributed by atoms with E-state index < -0.39 is 0 Å². The summed E-state index contributed by atoms with van der Waals surface area (Å²) in [6, 6.07) is 10.2. The number of thioether (sulfide) groups is 1. The monoisotopic (exact) mass is 477 g/mol. The van der Waals surface area contributed by atoms with Crippen molar-refractivity contribution in [3.05, 3.63) is 45.8 Å². The van der Waals surface area contributed by atoms with Gasteiger partial charge in [-0.05, 0) is 67.5 Å². The van der Waals surface area contributed by atoms with Gasteiger partial charge in [0.2, 0.25) is 5.91 Å². The molecule has 0 saturated heterocycles. The number of methoxy groups -OCH3 is 1. The van der Waals surface area contributed by atoms with Crippen molar-refractivity contribution >= 4 is 50.6 Å². The first kappa shape index (κ1) is 21.7. The summed E-state index contributed by atoms with van der Waals surface area (Å²) in [4.78, 5) is 14.0. The maximum Gasteiger partial charge on any atom is 0.235 e. The highest BCUT2D eigenvalue weighted by molar-refractivity contribution is 7.99. The first-order valence-corrected chi connectivity index (χ1v) is 12.6. The number of amides is 1. The highest BCUT2D eigenvalue weighted by Gasteiger charge is 2.25. The van der Waals surface area contributed by atoms with Crippen LogP contribution in [0.3, 0.4) is 0 Å². The lowest BCUT2D eigenvalue weighted by Crippen LogP contribution is -2.14. The SMILES string of the molecule is COc1ccc2c(c1)cc(C)c1nnc(SCC(=O)Nc3sc4c(c3C#N)CC[C@H](C)C4)n12. The number of hydrogen-bond donors (Lipinski definition) is 1. The second kappa shape index (κ2) is 8.69. The third-order valence-corrected chi connectivity index (χ3v) is 8.14. The molecule has 5 rings (SSSR count). The van der Waals surface area contributed by atoms with E-state index in [0.29, 0.717) is 21.6 Å². The molecule has 0 fully saturated rings. The summed E-state index contributed by atoms with van der Waals surface area (Å²) in [5, 5.41) is 23.7. The van der Waals surface area contributed by atoms with E-state index in [0.717, 1.165) is 52.7 Å². The quantitative estimate of drug-likeness (QED) is 0.407. The highest BCUT2D eigenvalue weighted by atomic mass is 32.2. The fourth-order valence-corrected chi connectivity index (χ4v) is 6.48. The van der Waals surface area contributed by atoms with Gasteiger partial charge >= 0.3 is 0 Å². The Hall–Kier alpha value is -3.09. The van der Waals surface area contributed by atoms with E-state index in [9.17, 15) is 10.1 Å². The first-order chi connectivity index (χ1) is 16.0. The van der Waals surface area contributed by atoms with Crippen molar-refractivity contribution in [1.29, 1.82) is 5.26 Å². The largest absolute Gasteiger partial charge is 0.497 e. The van der Waals surface area contributed by atoms with Crippen LogP contribution in [-0.2, 0) is 17.6 Å². The van der Waals surface area contributed by atoms with Gasteiger partial charge in [0.1, 0.15) is 16.8 Å². The van der Waals surface area contributed by atoms with Gasteiger partial charge in [-0.3, -0.25) is 9.20 Å². The predicted molar refractivity (Wildman–Crippen MR) is 131 cm³/mol. The molecule has 1 aromatic carbocycles. The molecular formula is C24H23N5O2S2. The van der Waals surface area contributed by atoms with E-state index >= 15 is 0 Å². The van der Waals surface area contributed by atoms with Crippen LogP contribution in [0.5, 0.6) is 5.75 Å². The molecule has 0 unspecified atom stereocenters. The molecule has 1 aliphatic carbocycles. The number of anilines is 1. The Morgan fingerprint density at radius 3 is 3.03 bits per heavy atom. The van der Waals surface area contributed by atoms with Crippen LogP contribution in [0.4, 0.5) is 5.00 Å². The van der Waals surface area contributed by atoms with E-state index in [1.54, 1.807) is 18.4 Å². The molecule has 1 atom stereocenters. The Morgan fingerprint density at radius 2 is 2.24 bits per heavy atom. The summed E-state index contributed by atoms with van der Waals surface area (Å²) in [7, 11) is 1.65.